The van der Waals surface area contributed by atoms with Gasteiger partial charge in [-0.25, -0.2) is 4.79 Å². The summed E-state index contributed by atoms with van der Waals surface area (Å²) in [5.41, 5.74) is 1.95. The maximum atomic E-state index is 12.4. The summed E-state index contributed by atoms with van der Waals surface area (Å²) in [5, 5.41) is 4.64. The molecule has 0 unspecified atom stereocenters. The van der Waals surface area contributed by atoms with Gasteiger partial charge < -0.3 is 10.1 Å². The van der Waals surface area contributed by atoms with Gasteiger partial charge >= 0.3 is 5.97 Å². The van der Waals surface area contributed by atoms with Gasteiger partial charge in [0.05, 0.1) is 18.4 Å². The maximum Gasteiger partial charge on any atom is 0.350 e. The summed E-state index contributed by atoms with van der Waals surface area (Å²) in [6.07, 6.45) is 1.92. The van der Waals surface area contributed by atoms with E-state index < -0.39 is 5.97 Å². The van der Waals surface area contributed by atoms with Crippen LogP contribution in [-0.2, 0) is 4.74 Å². The first kappa shape index (κ1) is 15.6. The first-order valence-electron chi connectivity index (χ1n) is 6.19. The molecule has 0 spiro atoms. The predicted molar refractivity (Wildman–Crippen MR) is 86.6 cm³/mol. The fraction of sp³-hybridized carbons (Fsp3) is 0.200. The summed E-state index contributed by atoms with van der Waals surface area (Å²) in [5.74, 6) is -0.673. The Hall–Kier alpha value is -1.79. The number of ether oxygens (including phenoxy) is 1. The number of aryl methyl sites for hydroxylation is 1. The Morgan fingerprint density at radius 2 is 2.00 bits per heavy atom. The van der Waals surface area contributed by atoms with Gasteiger partial charge in [0, 0.05) is 4.90 Å². The lowest BCUT2D eigenvalue weighted by atomic mass is 10.2. The molecule has 110 valence electrons. The van der Waals surface area contributed by atoms with E-state index in [2.05, 4.69) is 5.32 Å². The SMILES string of the molecule is COC(=O)c1scc(C)c1NC(=O)c1ccccc1SC. The monoisotopic (exact) mass is 321 g/mol. The number of hydrogen-bond donors (Lipinski definition) is 1. The first-order chi connectivity index (χ1) is 10.1. The quantitative estimate of drug-likeness (QED) is 0.687. The van der Waals surface area contributed by atoms with E-state index in [0.29, 0.717) is 16.1 Å². The average Bonchev–Trinajstić information content (AvgIpc) is 2.87. The Kier molecular flexibility index (Phi) is 5.03. The van der Waals surface area contributed by atoms with Crippen molar-refractivity contribution in [2.24, 2.45) is 0 Å². The predicted octanol–water partition coefficient (Wildman–Crippen LogP) is 3.82. The number of benzene rings is 1. The van der Waals surface area contributed by atoms with Crippen LogP contribution in [0.3, 0.4) is 0 Å². The molecular weight excluding hydrogens is 306 g/mol. The normalized spacial score (nSPS) is 10.2. The Morgan fingerprint density at radius 3 is 2.67 bits per heavy atom. The van der Waals surface area contributed by atoms with Crippen LogP contribution in [0.15, 0.2) is 34.5 Å². The molecule has 0 saturated heterocycles. The summed E-state index contributed by atoms with van der Waals surface area (Å²) in [6, 6.07) is 7.36. The second-order valence-corrected chi connectivity index (χ2v) is 6.00. The van der Waals surface area contributed by atoms with E-state index in [-0.39, 0.29) is 5.91 Å². The molecule has 0 radical (unpaired) electrons. The maximum absolute atomic E-state index is 12.4. The number of nitrogens with one attached hydrogen (secondary N) is 1. The zero-order valence-corrected chi connectivity index (χ0v) is 13.6. The standard InChI is InChI=1S/C15H15NO3S2/c1-9-8-21-13(15(18)19-2)12(9)16-14(17)10-6-4-5-7-11(10)20-3/h4-8H,1-3H3,(H,16,17). The van der Waals surface area contributed by atoms with Crippen LogP contribution in [-0.4, -0.2) is 25.2 Å². The topological polar surface area (TPSA) is 55.4 Å². The fourth-order valence-electron chi connectivity index (χ4n) is 1.86. The van der Waals surface area contributed by atoms with Crippen molar-refractivity contribution in [2.45, 2.75) is 11.8 Å². The summed E-state index contributed by atoms with van der Waals surface area (Å²) < 4.78 is 4.74. The molecule has 21 heavy (non-hydrogen) atoms. The lowest BCUT2D eigenvalue weighted by Crippen LogP contribution is -2.15. The van der Waals surface area contributed by atoms with Crippen LogP contribution < -0.4 is 5.32 Å². The molecule has 0 aliphatic heterocycles. The minimum atomic E-state index is -0.443. The Balaban J connectivity index is 2.32. The van der Waals surface area contributed by atoms with Crippen LogP contribution in [0.1, 0.15) is 25.6 Å². The summed E-state index contributed by atoms with van der Waals surface area (Å²) in [7, 11) is 1.33. The van der Waals surface area contributed by atoms with Crippen LogP contribution in [0.2, 0.25) is 0 Å². The third kappa shape index (κ3) is 3.28. The summed E-state index contributed by atoms with van der Waals surface area (Å²) in [6.45, 7) is 1.85. The minimum absolute atomic E-state index is 0.230. The molecule has 2 aromatic rings. The summed E-state index contributed by atoms with van der Waals surface area (Å²) in [4.78, 5) is 25.5. The number of methoxy groups -OCH3 is 1. The molecule has 1 aromatic carbocycles. The van der Waals surface area contributed by atoms with E-state index in [1.165, 1.54) is 30.2 Å². The molecule has 6 heteroatoms. The Bertz CT molecular complexity index is 679. The Morgan fingerprint density at radius 1 is 1.29 bits per heavy atom. The van der Waals surface area contributed by atoms with Crippen molar-refractivity contribution < 1.29 is 14.3 Å². The van der Waals surface area contributed by atoms with Gasteiger partial charge in [0.1, 0.15) is 4.88 Å². The Labute approximate surface area is 131 Å². The van der Waals surface area contributed by atoms with Crippen LogP contribution >= 0.6 is 23.1 Å². The number of amides is 1. The van der Waals surface area contributed by atoms with Crippen molar-refractivity contribution in [1.82, 2.24) is 0 Å². The van der Waals surface area contributed by atoms with Crippen molar-refractivity contribution in [3.8, 4) is 0 Å². The molecule has 0 fully saturated rings. The molecule has 0 aliphatic carbocycles. The minimum Gasteiger partial charge on any atom is -0.465 e. The molecule has 1 heterocycles. The number of carbonyl (C=O) groups is 2. The highest BCUT2D eigenvalue weighted by molar-refractivity contribution is 7.98. The van der Waals surface area contributed by atoms with Gasteiger partial charge in [-0.1, -0.05) is 12.1 Å². The highest BCUT2D eigenvalue weighted by Crippen LogP contribution is 2.29. The van der Waals surface area contributed by atoms with Crippen molar-refractivity contribution >= 4 is 40.7 Å². The van der Waals surface area contributed by atoms with Gasteiger partial charge in [-0.3, -0.25) is 4.79 Å². The molecule has 1 aromatic heterocycles. The third-order valence-corrected chi connectivity index (χ3v) is 4.81. The molecular formula is C15H15NO3S2. The van der Waals surface area contributed by atoms with Crippen molar-refractivity contribution in [2.75, 3.05) is 18.7 Å². The van der Waals surface area contributed by atoms with Gasteiger partial charge in [-0.05, 0) is 36.3 Å². The molecule has 1 N–H and O–H groups in total. The second-order valence-electron chi connectivity index (χ2n) is 4.27. The van der Waals surface area contributed by atoms with E-state index >= 15 is 0 Å². The molecule has 1 amide bonds. The van der Waals surface area contributed by atoms with Gasteiger partial charge in [0.2, 0.25) is 0 Å². The van der Waals surface area contributed by atoms with E-state index in [9.17, 15) is 9.59 Å². The second kappa shape index (κ2) is 6.78. The number of anilines is 1. The number of carbonyl (C=O) groups excluding carboxylic acids is 2. The fourth-order valence-corrected chi connectivity index (χ4v) is 3.37. The summed E-state index contributed by atoms with van der Waals surface area (Å²) >= 11 is 2.77. The highest BCUT2D eigenvalue weighted by Gasteiger charge is 2.20. The lowest BCUT2D eigenvalue weighted by molar-refractivity contribution is 0.0607. The molecule has 0 aliphatic rings. The number of rotatable bonds is 4. The van der Waals surface area contributed by atoms with E-state index in [0.717, 1.165) is 10.5 Å². The van der Waals surface area contributed by atoms with Crippen LogP contribution in [0.4, 0.5) is 5.69 Å². The van der Waals surface area contributed by atoms with Crippen LogP contribution in [0, 0.1) is 6.92 Å². The van der Waals surface area contributed by atoms with E-state index in [4.69, 9.17) is 4.74 Å². The van der Waals surface area contributed by atoms with Crippen LogP contribution in [0.5, 0.6) is 0 Å². The average molecular weight is 321 g/mol. The first-order valence-corrected chi connectivity index (χ1v) is 8.29. The lowest BCUT2D eigenvalue weighted by Gasteiger charge is -2.09. The van der Waals surface area contributed by atoms with Gasteiger partial charge in [0.15, 0.2) is 0 Å². The number of hydrogen-bond acceptors (Lipinski definition) is 5. The van der Waals surface area contributed by atoms with Gasteiger partial charge in [0.25, 0.3) is 5.91 Å². The zero-order valence-electron chi connectivity index (χ0n) is 11.9. The smallest absolute Gasteiger partial charge is 0.350 e. The molecule has 0 saturated carbocycles. The number of esters is 1. The van der Waals surface area contributed by atoms with Crippen molar-refractivity contribution in [3.63, 3.8) is 0 Å². The third-order valence-electron chi connectivity index (χ3n) is 2.94. The number of thiophene rings is 1. The van der Waals surface area contributed by atoms with E-state index in [1.807, 2.05) is 36.8 Å². The molecule has 2 rings (SSSR count). The largest absolute Gasteiger partial charge is 0.465 e. The highest BCUT2D eigenvalue weighted by atomic mass is 32.2. The zero-order chi connectivity index (χ0) is 15.4. The van der Waals surface area contributed by atoms with Gasteiger partial charge in [-0.2, -0.15) is 0 Å². The van der Waals surface area contributed by atoms with Crippen molar-refractivity contribution in [3.05, 3.63) is 45.6 Å². The molecule has 0 atom stereocenters. The molecule has 4 nitrogen and oxygen atoms in total. The number of thioether (sulfide) groups is 1. The van der Waals surface area contributed by atoms with Crippen molar-refractivity contribution in [1.29, 1.82) is 0 Å². The van der Waals surface area contributed by atoms with E-state index in [1.54, 1.807) is 6.07 Å². The van der Waals surface area contributed by atoms with Gasteiger partial charge in [-0.15, -0.1) is 23.1 Å². The van der Waals surface area contributed by atoms with Crippen LogP contribution in [0.25, 0.3) is 0 Å². The molecule has 0 bridgehead atoms.